The van der Waals surface area contributed by atoms with Gasteiger partial charge in [-0.05, 0) is 61.4 Å². The standard InChI is InChI=1S/C16H20ClNO/c17-6-2-8-18-7-1-3-13-9-14-10-15(19)5-4-12(14)11-16(13)18/h2,4-6,10,13,16,19H,1,3,7-9,11H2. The maximum atomic E-state index is 9.62. The molecule has 2 atom stereocenters. The third-order valence-corrected chi connectivity index (χ3v) is 4.74. The number of hydrogen-bond donors (Lipinski definition) is 1. The molecule has 0 radical (unpaired) electrons. The molecule has 0 amide bonds. The molecule has 3 rings (SSSR count). The lowest BCUT2D eigenvalue weighted by molar-refractivity contribution is 0.0972. The summed E-state index contributed by atoms with van der Waals surface area (Å²) in [4.78, 5) is 2.56. The van der Waals surface area contributed by atoms with E-state index in [1.165, 1.54) is 30.5 Å². The summed E-state index contributed by atoms with van der Waals surface area (Å²) in [7, 11) is 0. The fourth-order valence-electron chi connectivity index (χ4n) is 3.66. The Morgan fingerprint density at radius 1 is 1.32 bits per heavy atom. The molecule has 0 saturated carbocycles. The third-order valence-electron chi connectivity index (χ3n) is 4.56. The molecule has 3 heteroatoms. The number of nitrogens with zero attached hydrogens (tertiary/aromatic N) is 1. The number of hydrogen-bond acceptors (Lipinski definition) is 2. The Morgan fingerprint density at radius 3 is 3.05 bits per heavy atom. The molecular formula is C16H20ClNO. The molecule has 2 unspecified atom stereocenters. The summed E-state index contributed by atoms with van der Waals surface area (Å²) in [5.74, 6) is 1.13. The van der Waals surface area contributed by atoms with Crippen molar-refractivity contribution in [1.29, 1.82) is 0 Å². The van der Waals surface area contributed by atoms with Crippen LogP contribution in [-0.2, 0) is 12.8 Å². The van der Waals surface area contributed by atoms with Crippen molar-refractivity contribution >= 4 is 11.6 Å². The van der Waals surface area contributed by atoms with E-state index in [0.29, 0.717) is 11.8 Å². The second-order valence-corrected chi connectivity index (χ2v) is 5.94. The van der Waals surface area contributed by atoms with Gasteiger partial charge < -0.3 is 5.11 Å². The van der Waals surface area contributed by atoms with Crippen LogP contribution in [0.2, 0.25) is 0 Å². The van der Waals surface area contributed by atoms with E-state index in [0.717, 1.165) is 25.3 Å². The van der Waals surface area contributed by atoms with E-state index in [1.807, 2.05) is 18.2 Å². The second kappa shape index (κ2) is 5.56. The molecule has 1 aliphatic carbocycles. The van der Waals surface area contributed by atoms with Crippen molar-refractivity contribution < 1.29 is 5.11 Å². The normalized spacial score (nSPS) is 27.2. The summed E-state index contributed by atoms with van der Waals surface area (Å²) in [6, 6.07) is 6.48. The molecule has 1 fully saturated rings. The molecule has 1 aromatic carbocycles. The summed E-state index contributed by atoms with van der Waals surface area (Å²) in [6.45, 7) is 2.13. The average molecular weight is 278 g/mol. The predicted molar refractivity (Wildman–Crippen MR) is 78.6 cm³/mol. The zero-order valence-electron chi connectivity index (χ0n) is 11.1. The summed E-state index contributed by atoms with van der Waals surface area (Å²) < 4.78 is 0. The highest BCUT2D eigenvalue weighted by Crippen LogP contribution is 2.36. The number of phenolic OH excluding ortho intramolecular Hbond substituents is 1. The van der Waals surface area contributed by atoms with Crippen LogP contribution in [0.15, 0.2) is 29.8 Å². The van der Waals surface area contributed by atoms with Gasteiger partial charge in [-0.2, -0.15) is 0 Å². The molecule has 1 aliphatic heterocycles. The Kier molecular flexibility index (Phi) is 3.81. The number of fused-ring (bicyclic) bond motifs is 2. The van der Waals surface area contributed by atoms with E-state index in [-0.39, 0.29) is 0 Å². The van der Waals surface area contributed by atoms with E-state index < -0.39 is 0 Å². The van der Waals surface area contributed by atoms with Gasteiger partial charge >= 0.3 is 0 Å². The lowest BCUT2D eigenvalue weighted by atomic mass is 9.75. The van der Waals surface area contributed by atoms with Crippen LogP contribution in [0.1, 0.15) is 24.0 Å². The Balaban J connectivity index is 1.83. The van der Waals surface area contributed by atoms with Gasteiger partial charge in [0.05, 0.1) is 0 Å². The monoisotopic (exact) mass is 277 g/mol. The van der Waals surface area contributed by atoms with Gasteiger partial charge in [-0.3, -0.25) is 4.90 Å². The van der Waals surface area contributed by atoms with Crippen molar-refractivity contribution in [2.75, 3.05) is 13.1 Å². The molecule has 0 bridgehead atoms. The minimum absolute atomic E-state index is 0.398. The number of phenols is 1. The van der Waals surface area contributed by atoms with E-state index in [9.17, 15) is 5.11 Å². The van der Waals surface area contributed by atoms with Crippen LogP contribution in [0.3, 0.4) is 0 Å². The summed E-state index contributed by atoms with van der Waals surface area (Å²) in [5, 5.41) is 9.62. The number of halogens is 1. The highest BCUT2D eigenvalue weighted by molar-refractivity contribution is 6.25. The van der Waals surface area contributed by atoms with Gasteiger partial charge in [-0.15, -0.1) is 0 Å². The first kappa shape index (κ1) is 13.0. The highest BCUT2D eigenvalue weighted by atomic mass is 35.5. The lowest BCUT2D eigenvalue weighted by Gasteiger charge is -2.44. The van der Waals surface area contributed by atoms with Crippen molar-refractivity contribution in [2.45, 2.75) is 31.7 Å². The molecule has 19 heavy (non-hydrogen) atoms. The summed E-state index contributed by atoms with van der Waals surface area (Å²) in [6.07, 6.45) is 6.83. The Morgan fingerprint density at radius 2 is 2.21 bits per heavy atom. The van der Waals surface area contributed by atoms with Crippen molar-refractivity contribution in [3.8, 4) is 5.75 Å². The van der Waals surface area contributed by atoms with Crippen LogP contribution >= 0.6 is 11.6 Å². The van der Waals surface area contributed by atoms with Crippen molar-refractivity contribution in [3.05, 3.63) is 40.9 Å². The quantitative estimate of drug-likeness (QED) is 0.896. The lowest BCUT2D eigenvalue weighted by Crippen LogP contribution is -2.49. The zero-order chi connectivity index (χ0) is 13.2. The van der Waals surface area contributed by atoms with E-state index in [4.69, 9.17) is 11.6 Å². The fraction of sp³-hybridized carbons (Fsp3) is 0.500. The first-order valence-electron chi connectivity index (χ1n) is 7.08. The van der Waals surface area contributed by atoms with Crippen LogP contribution in [0, 0.1) is 5.92 Å². The van der Waals surface area contributed by atoms with Crippen LogP contribution in [0.4, 0.5) is 0 Å². The molecule has 2 aliphatic rings. The van der Waals surface area contributed by atoms with Gasteiger partial charge in [0.2, 0.25) is 0 Å². The highest BCUT2D eigenvalue weighted by Gasteiger charge is 2.34. The zero-order valence-corrected chi connectivity index (χ0v) is 11.8. The molecule has 1 aromatic rings. The molecule has 1 N–H and O–H groups in total. The van der Waals surface area contributed by atoms with Gasteiger partial charge in [0, 0.05) is 18.1 Å². The smallest absolute Gasteiger partial charge is 0.115 e. The average Bonchev–Trinajstić information content (AvgIpc) is 2.42. The third kappa shape index (κ3) is 2.65. The molecular weight excluding hydrogens is 258 g/mol. The fourth-order valence-corrected chi connectivity index (χ4v) is 3.74. The van der Waals surface area contributed by atoms with E-state index in [1.54, 1.807) is 5.54 Å². The Hall–Kier alpha value is -0.990. The van der Waals surface area contributed by atoms with Gasteiger partial charge in [-0.25, -0.2) is 0 Å². The van der Waals surface area contributed by atoms with Gasteiger partial charge in [0.25, 0.3) is 0 Å². The van der Waals surface area contributed by atoms with Crippen molar-refractivity contribution in [3.63, 3.8) is 0 Å². The van der Waals surface area contributed by atoms with Crippen molar-refractivity contribution in [2.24, 2.45) is 5.92 Å². The van der Waals surface area contributed by atoms with E-state index >= 15 is 0 Å². The molecule has 1 saturated heterocycles. The number of piperidine rings is 1. The van der Waals surface area contributed by atoms with Crippen LogP contribution in [-0.4, -0.2) is 29.1 Å². The van der Waals surface area contributed by atoms with Crippen LogP contribution < -0.4 is 0 Å². The number of likely N-dealkylation sites (tertiary alicyclic amines) is 1. The molecule has 0 spiro atoms. The number of aromatic hydroxyl groups is 1. The SMILES string of the molecule is Oc1ccc2c(c1)CC1CCCN(CC=CCl)C1C2. The summed E-state index contributed by atoms with van der Waals surface area (Å²) >= 11 is 5.66. The first-order valence-corrected chi connectivity index (χ1v) is 7.51. The van der Waals surface area contributed by atoms with Gasteiger partial charge in [0.15, 0.2) is 0 Å². The maximum absolute atomic E-state index is 9.62. The van der Waals surface area contributed by atoms with Gasteiger partial charge in [0.1, 0.15) is 5.75 Å². The topological polar surface area (TPSA) is 23.5 Å². The molecule has 2 nitrogen and oxygen atoms in total. The molecule has 102 valence electrons. The minimum atomic E-state index is 0.398. The second-order valence-electron chi connectivity index (χ2n) is 5.69. The largest absolute Gasteiger partial charge is 0.508 e. The van der Waals surface area contributed by atoms with Crippen molar-refractivity contribution in [1.82, 2.24) is 4.90 Å². The van der Waals surface area contributed by atoms with E-state index in [2.05, 4.69) is 11.0 Å². The minimum Gasteiger partial charge on any atom is -0.508 e. The Labute approximate surface area is 119 Å². The number of benzene rings is 1. The maximum Gasteiger partial charge on any atom is 0.115 e. The summed E-state index contributed by atoms with van der Waals surface area (Å²) in [5.41, 5.74) is 4.37. The first-order chi connectivity index (χ1) is 9.28. The Bertz CT molecular complexity index is 486. The van der Waals surface area contributed by atoms with Crippen LogP contribution in [0.25, 0.3) is 0 Å². The van der Waals surface area contributed by atoms with Gasteiger partial charge in [-0.1, -0.05) is 23.7 Å². The predicted octanol–water partition coefficient (Wildman–Crippen LogP) is 3.32. The molecule has 0 aromatic heterocycles. The van der Waals surface area contributed by atoms with Crippen LogP contribution in [0.5, 0.6) is 5.75 Å². The molecule has 1 heterocycles. The number of rotatable bonds is 2.